The first-order valence-corrected chi connectivity index (χ1v) is 12.7. The molecule has 1 aliphatic heterocycles. The van der Waals surface area contributed by atoms with Crippen LogP contribution in [0.4, 0.5) is 4.39 Å². The molecule has 0 saturated carbocycles. The molecule has 0 atom stereocenters. The number of nitrogens with zero attached hydrogens (tertiary/aromatic N) is 3. The highest BCUT2D eigenvalue weighted by atomic mass is 127. The van der Waals surface area contributed by atoms with E-state index in [2.05, 4.69) is 40.0 Å². The Morgan fingerprint density at radius 1 is 1.36 bits per heavy atom. The third-order valence-electron chi connectivity index (χ3n) is 5.53. The lowest BCUT2D eigenvalue weighted by Crippen LogP contribution is -2.38. The number of hydrogen-bond acceptors (Lipinski definition) is 4. The van der Waals surface area contributed by atoms with Gasteiger partial charge in [0.2, 0.25) is 5.78 Å². The average molecular weight is 511 g/mol. The van der Waals surface area contributed by atoms with Gasteiger partial charge < -0.3 is 4.90 Å². The van der Waals surface area contributed by atoms with E-state index in [9.17, 15) is 14.4 Å². The first-order valence-electron chi connectivity index (χ1n) is 9.40. The maximum atomic E-state index is 14.9. The van der Waals surface area contributed by atoms with Crippen LogP contribution in [0.3, 0.4) is 0 Å². The lowest BCUT2D eigenvalue weighted by Gasteiger charge is -2.34. The topological polar surface area (TPSA) is 49.0 Å². The molecule has 1 fully saturated rings. The van der Waals surface area contributed by atoms with Gasteiger partial charge in [-0.05, 0) is 76.4 Å². The number of likely N-dealkylation sites (tertiary alicyclic amines) is 1. The van der Waals surface area contributed by atoms with Crippen LogP contribution in [-0.2, 0) is 0 Å². The van der Waals surface area contributed by atoms with Gasteiger partial charge in [0.15, 0.2) is 0 Å². The number of hydrogen-bond donors (Lipinski definition) is 0. The Morgan fingerprint density at radius 2 is 2.04 bits per heavy atom. The van der Waals surface area contributed by atoms with Crippen LogP contribution in [0.5, 0.6) is 0 Å². The minimum atomic E-state index is -0.336. The second-order valence-electron chi connectivity index (χ2n) is 7.37. The highest BCUT2D eigenvalue weighted by molar-refractivity contribution is 14.2. The molecule has 1 aromatic heterocycles. The van der Waals surface area contributed by atoms with E-state index in [0.717, 1.165) is 37.0 Å². The van der Waals surface area contributed by atoms with E-state index in [4.69, 9.17) is 0 Å². The number of fused-ring (bicyclic) bond motifs is 1. The zero-order chi connectivity index (χ0) is 20.4. The fourth-order valence-electron chi connectivity index (χ4n) is 3.88. The number of Topliss-reactive ketones (excluding diaryl/α,β-unsaturated/α-hetero) is 1. The van der Waals surface area contributed by atoms with Gasteiger partial charge in [-0.15, -0.1) is 0 Å². The fraction of sp³-hybridized carbons (Fsp3) is 0.429. The SMILES string of the molecule is C/C=C(\C#N)C(=O)c1cc2cc(F)c(C3CCN(C(C)C)CC3)cc2n1SI. The molecule has 0 spiro atoms. The minimum absolute atomic E-state index is 0.0938. The monoisotopic (exact) mass is 511 g/mol. The van der Waals surface area contributed by atoms with Crippen molar-refractivity contribution in [1.29, 1.82) is 5.26 Å². The summed E-state index contributed by atoms with van der Waals surface area (Å²) in [6.07, 6.45) is 3.37. The van der Waals surface area contributed by atoms with Crippen molar-refractivity contribution in [2.75, 3.05) is 13.1 Å². The Labute approximate surface area is 181 Å². The number of benzene rings is 1. The van der Waals surface area contributed by atoms with E-state index in [0.29, 0.717) is 17.1 Å². The van der Waals surface area contributed by atoms with E-state index in [1.807, 2.05) is 12.1 Å². The fourth-order valence-corrected chi connectivity index (χ4v) is 5.59. The predicted molar refractivity (Wildman–Crippen MR) is 121 cm³/mol. The zero-order valence-electron chi connectivity index (χ0n) is 16.2. The Kier molecular flexibility index (Phi) is 6.84. The van der Waals surface area contributed by atoms with Crippen molar-refractivity contribution in [3.05, 3.63) is 46.9 Å². The Hall–Kier alpha value is -1.37. The maximum absolute atomic E-state index is 14.9. The molecule has 28 heavy (non-hydrogen) atoms. The molecule has 3 rings (SSSR count). The number of allylic oxidation sites excluding steroid dienone is 2. The largest absolute Gasteiger partial charge is 0.301 e. The Bertz CT molecular complexity index is 968. The van der Waals surface area contributed by atoms with Crippen LogP contribution in [0, 0.1) is 17.1 Å². The second kappa shape index (κ2) is 8.97. The minimum Gasteiger partial charge on any atom is -0.301 e. The van der Waals surface area contributed by atoms with Crippen molar-refractivity contribution in [3.8, 4) is 6.07 Å². The molecule has 0 unspecified atom stereocenters. The van der Waals surface area contributed by atoms with Gasteiger partial charge in [-0.2, -0.15) is 5.26 Å². The number of aromatic nitrogens is 1. The van der Waals surface area contributed by atoms with Gasteiger partial charge in [0, 0.05) is 41.8 Å². The van der Waals surface area contributed by atoms with Crippen LogP contribution >= 0.6 is 30.3 Å². The Morgan fingerprint density at radius 3 is 2.57 bits per heavy atom. The van der Waals surface area contributed by atoms with Gasteiger partial charge in [-0.3, -0.25) is 8.77 Å². The number of rotatable bonds is 5. The third kappa shape index (κ3) is 4.00. The van der Waals surface area contributed by atoms with Gasteiger partial charge in [0.05, 0.1) is 11.1 Å². The summed E-state index contributed by atoms with van der Waals surface area (Å²) in [5, 5.41) is 9.88. The summed E-state index contributed by atoms with van der Waals surface area (Å²) in [6.45, 7) is 7.99. The molecule has 1 saturated heterocycles. The molecule has 1 aromatic carbocycles. The zero-order valence-corrected chi connectivity index (χ0v) is 19.2. The van der Waals surface area contributed by atoms with E-state index < -0.39 is 0 Å². The molecular weight excluding hydrogens is 488 g/mol. The normalized spacial score (nSPS) is 16.7. The molecule has 7 heteroatoms. The van der Waals surface area contributed by atoms with Crippen LogP contribution < -0.4 is 0 Å². The van der Waals surface area contributed by atoms with Gasteiger partial charge in [-0.1, -0.05) is 6.08 Å². The van der Waals surface area contributed by atoms with Crippen LogP contribution in [0.2, 0.25) is 0 Å². The molecule has 4 nitrogen and oxygen atoms in total. The summed E-state index contributed by atoms with van der Waals surface area (Å²) in [7, 11) is 1.36. The molecule has 0 aliphatic carbocycles. The highest BCUT2D eigenvalue weighted by Gasteiger charge is 2.26. The summed E-state index contributed by atoms with van der Waals surface area (Å²) in [4.78, 5) is 15.1. The van der Waals surface area contributed by atoms with Crippen LogP contribution in [-0.4, -0.2) is 33.8 Å². The predicted octanol–water partition coefficient (Wildman–Crippen LogP) is 5.87. The standard InChI is InChI=1S/C21H23FIN3OS/c1-4-14(12-24)21(27)20-10-16-9-18(22)17(11-19(16)26(20)28-23)15-5-7-25(8-6-15)13(2)3/h4,9-11,13,15H,5-8H2,1-3H3/b14-4+. The molecule has 0 radical (unpaired) electrons. The summed E-state index contributed by atoms with van der Waals surface area (Å²) < 4.78 is 16.7. The first kappa shape index (κ1) is 21.3. The number of carbonyl (C=O) groups is 1. The van der Waals surface area contributed by atoms with E-state index in [1.54, 1.807) is 17.0 Å². The van der Waals surface area contributed by atoms with Crippen molar-refractivity contribution < 1.29 is 9.18 Å². The van der Waals surface area contributed by atoms with Crippen molar-refractivity contribution in [2.45, 2.75) is 45.6 Å². The molecule has 148 valence electrons. The molecule has 0 amide bonds. The summed E-state index contributed by atoms with van der Waals surface area (Å²) in [5.41, 5.74) is 2.04. The Balaban J connectivity index is 2.01. The van der Waals surface area contributed by atoms with E-state index >= 15 is 0 Å². The van der Waals surface area contributed by atoms with Gasteiger partial charge in [0.1, 0.15) is 17.6 Å². The highest BCUT2D eigenvalue weighted by Crippen LogP contribution is 2.36. The lowest BCUT2D eigenvalue weighted by molar-refractivity contribution is 0.103. The van der Waals surface area contributed by atoms with Gasteiger partial charge in [-0.25, -0.2) is 4.39 Å². The van der Waals surface area contributed by atoms with Crippen molar-refractivity contribution >= 4 is 47.0 Å². The van der Waals surface area contributed by atoms with Crippen molar-refractivity contribution in [3.63, 3.8) is 0 Å². The molecule has 0 N–H and O–H groups in total. The molecular formula is C21H23FIN3OS. The lowest BCUT2D eigenvalue weighted by atomic mass is 9.88. The smallest absolute Gasteiger partial charge is 0.220 e. The molecule has 2 heterocycles. The summed E-state index contributed by atoms with van der Waals surface area (Å²) in [6, 6.07) is 7.55. The summed E-state index contributed by atoms with van der Waals surface area (Å²) in [5.74, 6) is -0.361. The van der Waals surface area contributed by atoms with Crippen molar-refractivity contribution in [1.82, 2.24) is 8.87 Å². The van der Waals surface area contributed by atoms with Gasteiger partial charge in [0.25, 0.3) is 0 Å². The molecule has 2 aromatic rings. The van der Waals surface area contributed by atoms with Gasteiger partial charge >= 0.3 is 0 Å². The van der Waals surface area contributed by atoms with Crippen LogP contribution in [0.15, 0.2) is 29.8 Å². The molecule has 0 bridgehead atoms. The maximum Gasteiger partial charge on any atom is 0.220 e. The van der Waals surface area contributed by atoms with Crippen molar-refractivity contribution in [2.24, 2.45) is 0 Å². The second-order valence-corrected chi connectivity index (χ2v) is 9.06. The van der Waals surface area contributed by atoms with E-state index in [-0.39, 0.29) is 23.1 Å². The molecule has 1 aliphatic rings. The quantitative estimate of drug-likeness (QED) is 0.218. The van der Waals surface area contributed by atoms with Crippen LogP contribution in [0.1, 0.15) is 55.6 Å². The number of carbonyl (C=O) groups excluding carboxylic acids is 1. The number of ketones is 1. The third-order valence-corrected chi connectivity index (χ3v) is 7.24. The summed E-state index contributed by atoms with van der Waals surface area (Å²) >= 11 is 2.11. The first-order chi connectivity index (χ1) is 13.4. The number of piperidine rings is 1. The average Bonchev–Trinajstić information content (AvgIpc) is 3.05. The number of halogens is 2. The number of nitriles is 1. The van der Waals surface area contributed by atoms with Crippen LogP contribution in [0.25, 0.3) is 10.9 Å². The van der Waals surface area contributed by atoms with E-state index in [1.165, 1.54) is 21.3 Å².